The van der Waals surface area contributed by atoms with Crippen LogP contribution >= 0.6 is 23.5 Å². The molecule has 2 aromatic heterocycles. The van der Waals surface area contributed by atoms with Crippen LogP contribution in [0.5, 0.6) is 0 Å². The molecule has 0 spiro atoms. The normalized spacial score (nSPS) is 15.5. The second kappa shape index (κ2) is 5.58. The Hall–Kier alpha value is -2.13. The summed E-state index contributed by atoms with van der Waals surface area (Å²) in [4.78, 5) is 16.6. The number of nitrogens with zero attached hydrogens (tertiary/aromatic N) is 6. The predicted molar refractivity (Wildman–Crippen MR) is 85.4 cm³/mol. The van der Waals surface area contributed by atoms with E-state index < -0.39 is 0 Å². The number of hydrogen-bond acceptors (Lipinski definition) is 8. The molecule has 0 saturated carbocycles. The average molecular weight is 332 g/mol. The molecule has 1 saturated heterocycles. The molecule has 1 aliphatic heterocycles. The van der Waals surface area contributed by atoms with Crippen LogP contribution in [-0.2, 0) is 0 Å². The van der Waals surface area contributed by atoms with Crippen LogP contribution in [0.1, 0.15) is 10.4 Å². The minimum atomic E-state index is 0.0472. The fourth-order valence-electron chi connectivity index (χ4n) is 2.54. The van der Waals surface area contributed by atoms with Crippen LogP contribution in [-0.4, -0.2) is 54.5 Å². The molecule has 3 heterocycles. The summed E-state index contributed by atoms with van der Waals surface area (Å²) in [6, 6.07) is 5.49. The zero-order valence-corrected chi connectivity index (χ0v) is 13.2. The molecular formula is C13H12N6OS2. The molecule has 1 aromatic carbocycles. The van der Waals surface area contributed by atoms with Crippen molar-refractivity contribution in [2.24, 2.45) is 0 Å². The summed E-state index contributed by atoms with van der Waals surface area (Å²) >= 11 is 2.37. The quantitative estimate of drug-likeness (QED) is 0.708. The maximum Gasteiger partial charge on any atom is 0.254 e. The summed E-state index contributed by atoms with van der Waals surface area (Å²) in [5.41, 5.74) is 2.29. The van der Waals surface area contributed by atoms with Crippen molar-refractivity contribution in [3.63, 3.8) is 0 Å². The van der Waals surface area contributed by atoms with E-state index in [9.17, 15) is 4.79 Å². The monoisotopic (exact) mass is 332 g/mol. The van der Waals surface area contributed by atoms with E-state index in [0.29, 0.717) is 18.7 Å². The van der Waals surface area contributed by atoms with Crippen LogP contribution < -0.4 is 4.90 Å². The van der Waals surface area contributed by atoms with Gasteiger partial charge in [0.05, 0.1) is 29.7 Å². The molecule has 0 bridgehead atoms. The zero-order chi connectivity index (χ0) is 14.9. The Labute approximate surface area is 134 Å². The lowest BCUT2D eigenvalue weighted by Crippen LogP contribution is -2.48. The second-order valence-electron chi connectivity index (χ2n) is 5.01. The van der Waals surface area contributed by atoms with E-state index in [1.807, 2.05) is 23.1 Å². The summed E-state index contributed by atoms with van der Waals surface area (Å²) in [6.45, 7) is 2.92. The lowest BCUT2D eigenvalue weighted by molar-refractivity contribution is 0.0746. The van der Waals surface area contributed by atoms with Crippen LogP contribution in [0.15, 0.2) is 24.4 Å². The Morgan fingerprint density at radius 1 is 1.00 bits per heavy atom. The van der Waals surface area contributed by atoms with Crippen molar-refractivity contribution in [3.05, 3.63) is 30.0 Å². The van der Waals surface area contributed by atoms with Gasteiger partial charge >= 0.3 is 0 Å². The summed E-state index contributed by atoms with van der Waals surface area (Å²) < 4.78 is 16.6. The molecule has 0 radical (unpaired) electrons. The SMILES string of the molecule is O=C(c1ccc2nsnc2c1)N1CCN(c2cnsn2)CC1. The highest BCUT2D eigenvalue weighted by Crippen LogP contribution is 2.18. The van der Waals surface area contributed by atoms with Crippen molar-refractivity contribution in [2.75, 3.05) is 31.1 Å². The number of piperazine rings is 1. The van der Waals surface area contributed by atoms with Crippen LogP contribution in [0.4, 0.5) is 5.82 Å². The lowest BCUT2D eigenvalue weighted by atomic mass is 10.1. The number of benzene rings is 1. The summed E-state index contributed by atoms with van der Waals surface area (Å²) in [7, 11) is 0. The molecule has 0 unspecified atom stereocenters. The Kier molecular flexibility index (Phi) is 3.43. The third kappa shape index (κ3) is 2.42. The molecule has 1 fully saturated rings. The smallest absolute Gasteiger partial charge is 0.254 e. The fraction of sp³-hybridized carbons (Fsp3) is 0.308. The largest absolute Gasteiger partial charge is 0.351 e. The first-order chi connectivity index (χ1) is 10.8. The summed E-state index contributed by atoms with van der Waals surface area (Å²) in [6.07, 6.45) is 1.77. The van der Waals surface area contributed by atoms with E-state index in [-0.39, 0.29) is 5.91 Å². The van der Waals surface area contributed by atoms with Gasteiger partial charge in [-0.3, -0.25) is 4.79 Å². The zero-order valence-electron chi connectivity index (χ0n) is 11.5. The molecule has 9 heteroatoms. The Morgan fingerprint density at radius 2 is 1.82 bits per heavy atom. The van der Waals surface area contributed by atoms with E-state index in [1.54, 1.807) is 6.20 Å². The van der Waals surface area contributed by atoms with Gasteiger partial charge in [0, 0.05) is 31.7 Å². The van der Waals surface area contributed by atoms with E-state index in [2.05, 4.69) is 22.4 Å². The number of rotatable bonds is 2. The number of hydrogen-bond donors (Lipinski definition) is 0. The van der Waals surface area contributed by atoms with Gasteiger partial charge in [0.2, 0.25) is 0 Å². The molecule has 22 heavy (non-hydrogen) atoms. The van der Waals surface area contributed by atoms with Gasteiger partial charge < -0.3 is 9.80 Å². The molecule has 4 rings (SSSR count). The molecule has 1 amide bonds. The van der Waals surface area contributed by atoms with Gasteiger partial charge in [0.25, 0.3) is 5.91 Å². The number of aromatic nitrogens is 4. The lowest BCUT2D eigenvalue weighted by Gasteiger charge is -2.34. The third-order valence-electron chi connectivity index (χ3n) is 3.74. The molecule has 7 nitrogen and oxygen atoms in total. The minimum absolute atomic E-state index is 0.0472. The third-order valence-corrected chi connectivity index (χ3v) is 4.77. The second-order valence-corrected chi connectivity index (χ2v) is 6.10. The number of carbonyl (C=O) groups excluding carboxylic acids is 1. The Balaban J connectivity index is 1.47. The topological polar surface area (TPSA) is 75.1 Å². The number of fused-ring (bicyclic) bond motifs is 1. The van der Waals surface area contributed by atoms with Crippen LogP contribution in [0.25, 0.3) is 11.0 Å². The van der Waals surface area contributed by atoms with Gasteiger partial charge in [-0.15, -0.1) is 0 Å². The van der Waals surface area contributed by atoms with Crippen molar-refractivity contribution in [1.82, 2.24) is 22.4 Å². The van der Waals surface area contributed by atoms with Crippen LogP contribution in [0, 0.1) is 0 Å². The highest BCUT2D eigenvalue weighted by Gasteiger charge is 2.23. The van der Waals surface area contributed by atoms with Gasteiger partial charge in [0.15, 0.2) is 5.82 Å². The predicted octanol–water partition coefficient (Wildman–Crippen LogP) is 1.51. The molecular weight excluding hydrogens is 320 g/mol. The van der Waals surface area contributed by atoms with Crippen LogP contribution in [0.2, 0.25) is 0 Å². The van der Waals surface area contributed by atoms with Gasteiger partial charge in [-0.1, -0.05) is 0 Å². The Morgan fingerprint density at radius 3 is 2.59 bits per heavy atom. The summed E-state index contributed by atoms with van der Waals surface area (Å²) in [5.74, 6) is 0.943. The van der Waals surface area contributed by atoms with Crippen molar-refractivity contribution in [3.8, 4) is 0 Å². The highest BCUT2D eigenvalue weighted by molar-refractivity contribution is 7.00. The molecule has 112 valence electrons. The number of amides is 1. The average Bonchev–Trinajstić information content (AvgIpc) is 3.25. The van der Waals surface area contributed by atoms with Crippen LogP contribution in [0.3, 0.4) is 0 Å². The van der Waals surface area contributed by atoms with Crippen molar-refractivity contribution in [1.29, 1.82) is 0 Å². The number of anilines is 1. The van der Waals surface area contributed by atoms with Gasteiger partial charge in [0.1, 0.15) is 11.0 Å². The number of carbonyl (C=O) groups is 1. The van der Waals surface area contributed by atoms with Crippen molar-refractivity contribution in [2.45, 2.75) is 0 Å². The highest BCUT2D eigenvalue weighted by atomic mass is 32.1. The van der Waals surface area contributed by atoms with E-state index in [4.69, 9.17) is 0 Å². The molecule has 1 aliphatic rings. The summed E-state index contributed by atoms with van der Waals surface area (Å²) in [5, 5.41) is 0. The Bertz CT molecular complexity index is 794. The van der Waals surface area contributed by atoms with E-state index in [1.165, 1.54) is 11.7 Å². The van der Waals surface area contributed by atoms with Gasteiger partial charge in [-0.2, -0.15) is 17.5 Å². The first kappa shape index (κ1) is 13.5. The first-order valence-corrected chi connectivity index (χ1v) is 8.31. The maximum atomic E-state index is 12.6. The maximum absolute atomic E-state index is 12.6. The van der Waals surface area contributed by atoms with Crippen molar-refractivity contribution >= 4 is 46.2 Å². The van der Waals surface area contributed by atoms with E-state index >= 15 is 0 Å². The minimum Gasteiger partial charge on any atom is -0.351 e. The molecule has 0 atom stereocenters. The fourth-order valence-corrected chi connectivity index (χ4v) is 3.49. The van der Waals surface area contributed by atoms with Crippen molar-refractivity contribution < 1.29 is 4.79 Å². The van der Waals surface area contributed by atoms with Gasteiger partial charge in [-0.25, -0.2) is 0 Å². The van der Waals surface area contributed by atoms with E-state index in [0.717, 1.165) is 41.7 Å². The first-order valence-electron chi connectivity index (χ1n) is 6.85. The molecule has 3 aromatic rings. The standard InChI is InChI=1S/C13H12N6OS2/c20-13(9-1-2-10-11(7-9)16-22-15-10)19-5-3-18(4-6-19)12-8-14-21-17-12/h1-2,7-8H,3-6H2. The molecule has 0 N–H and O–H groups in total. The van der Waals surface area contributed by atoms with Gasteiger partial charge in [-0.05, 0) is 18.2 Å². The molecule has 0 aliphatic carbocycles.